The van der Waals surface area contributed by atoms with Crippen LogP contribution in [0.4, 0.5) is 0 Å². The molecule has 0 spiro atoms. The van der Waals surface area contributed by atoms with Crippen molar-refractivity contribution in [3.8, 4) is 0 Å². The molecule has 5 heteroatoms. The quantitative estimate of drug-likeness (QED) is 0.891. The Kier molecular flexibility index (Phi) is 4.81. The van der Waals surface area contributed by atoms with Gasteiger partial charge in [-0.05, 0) is 54.3 Å². The molecule has 1 fully saturated rings. The lowest BCUT2D eigenvalue weighted by Crippen LogP contribution is -2.47. The lowest BCUT2D eigenvalue weighted by molar-refractivity contribution is -0.133. The number of carbonyl (C=O) groups excluding carboxylic acids is 1. The van der Waals surface area contributed by atoms with Crippen molar-refractivity contribution in [3.63, 3.8) is 0 Å². The van der Waals surface area contributed by atoms with E-state index in [1.54, 1.807) is 11.3 Å². The van der Waals surface area contributed by atoms with Crippen molar-refractivity contribution in [1.29, 1.82) is 0 Å². The minimum atomic E-state index is -0.153. The molecule has 1 amide bonds. The predicted molar refractivity (Wildman–Crippen MR) is 78.7 cm³/mol. The van der Waals surface area contributed by atoms with Crippen LogP contribution >= 0.6 is 27.3 Å². The Morgan fingerprint density at radius 1 is 1.56 bits per heavy atom. The maximum atomic E-state index is 12.4. The number of halogens is 1. The van der Waals surface area contributed by atoms with E-state index in [4.69, 9.17) is 0 Å². The van der Waals surface area contributed by atoms with Crippen molar-refractivity contribution in [2.75, 3.05) is 13.1 Å². The van der Waals surface area contributed by atoms with Crippen LogP contribution in [0.3, 0.4) is 0 Å². The molecule has 2 N–H and O–H groups in total. The van der Waals surface area contributed by atoms with Gasteiger partial charge >= 0.3 is 0 Å². The first kappa shape index (κ1) is 14.0. The summed E-state index contributed by atoms with van der Waals surface area (Å²) in [6.07, 6.45) is 2.82. The average molecular weight is 331 g/mol. The maximum absolute atomic E-state index is 12.4. The first-order chi connectivity index (χ1) is 8.66. The minimum Gasteiger partial charge on any atom is -0.351 e. The van der Waals surface area contributed by atoms with E-state index in [1.807, 2.05) is 5.38 Å². The summed E-state index contributed by atoms with van der Waals surface area (Å²) in [7, 11) is 0. The topological polar surface area (TPSA) is 41.1 Å². The van der Waals surface area contributed by atoms with Crippen LogP contribution in [0.1, 0.15) is 31.1 Å². The van der Waals surface area contributed by atoms with E-state index >= 15 is 0 Å². The van der Waals surface area contributed by atoms with Gasteiger partial charge in [-0.2, -0.15) is 0 Å². The second kappa shape index (κ2) is 6.17. The number of hydrogen-bond acceptors (Lipinski definition) is 3. The van der Waals surface area contributed by atoms with Crippen LogP contribution in [0.5, 0.6) is 0 Å². The number of hydrogen-bond donors (Lipinski definition) is 2. The molecule has 1 aromatic heterocycles. The fraction of sp³-hybridized carbons (Fsp3) is 0.615. The molecule has 0 radical (unpaired) electrons. The summed E-state index contributed by atoms with van der Waals surface area (Å²) < 4.78 is 1.09. The van der Waals surface area contributed by atoms with Crippen molar-refractivity contribution < 1.29 is 4.79 Å². The average Bonchev–Trinajstić information content (AvgIpc) is 2.82. The molecule has 1 saturated heterocycles. The van der Waals surface area contributed by atoms with Crippen LogP contribution in [0.15, 0.2) is 15.9 Å². The normalized spacial score (nSPS) is 18.6. The summed E-state index contributed by atoms with van der Waals surface area (Å²) in [5, 5.41) is 8.46. The lowest BCUT2D eigenvalue weighted by Gasteiger charge is -2.35. The number of carbonyl (C=O) groups is 1. The largest absolute Gasteiger partial charge is 0.351 e. The second-order valence-corrected chi connectivity index (χ2v) is 6.71. The second-order valence-electron chi connectivity index (χ2n) is 4.80. The van der Waals surface area contributed by atoms with Crippen LogP contribution in [0, 0.1) is 5.41 Å². The van der Waals surface area contributed by atoms with Crippen LogP contribution in [0.25, 0.3) is 0 Å². The Labute approximate surface area is 120 Å². The van der Waals surface area contributed by atoms with Gasteiger partial charge in [0.1, 0.15) is 0 Å². The van der Waals surface area contributed by atoms with Crippen molar-refractivity contribution in [3.05, 3.63) is 20.8 Å². The van der Waals surface area contributed by atoms with Crippen LogP contribution in [0.2, 0.25) is 0 Å². The fourth-order valence-corrected chi connectivity index (χ4v) is 3.84. The van der Waals surface area contributed by atoms with Gasteiger partial charge < -0.3 is 10.6 Å². The van der Waals surface area contributed by atoms with Gasteiger partial charge in [0, 0.05) is 14.7 Å². The van der Waals surface area contributed by atoms with Gasteiger partial charge in [0.25, 0.3) is 0 Å². The van der Waals surface area contributed by atoms with E-state index in [1.165, 1.54) is 4.88 Å². The van der Waals surface area contributed by atoms with Crippen molar-refractivity contribution in [2.45, 2.75) is 32.7 Å². The van der Waals surface area contributed by atoms with E-state index in [-0.39, 0.29) is 11.3 Å². The Hall–Kier alpha value is -0.390. The number of rotatable bonds is 4. The molecule has 2 heterocycles. The summed E-state index contributed by atoms with van der Waals surface area (Å²) >= 11 is 5.10. The van der Waals surface area contributed by atoms with Crippen molar-refractivity contribution >= 4 is 33.2 Å². The van der Waals surface area contributed by atoms with Crippen LogP contribution in [-0.2, 0) is 11.3 Å². The SMILES string of the molecule is CCC1(C(=O)NCc2cc(Br)cs2)CCNCC1. The van der Waals surface area contributed by atoms with E-state index in [9.17, 15) is 4.79 Å². The summed E-state index contributed by atoms with van der Waals surface area (Å²) in [5.41, 5.74) is -0.153. The number of amides is 1. The highest BCUT2D eigenvalue weighted by Gasteiger charge is 2.37. The Morgan fingerprint density at radius 3 is 2.83 bits per heavy atom. The van der Waals surface area contributed by atoms with Gasteiger partial charge in [0.15, 0.2) is 0 Å². The Balaban J connectivity index is 1.93. The van der Waals surface area contributed by atoms with Crippen LogP contribution in [-0.4, -0.2) is 19.0 Å². The highest BCUT2D eigenvalue weighted by molar-refractivity contribution is 9.10. The molecule has 1 aliphatic heterocycles. The molecule has 18 heavy (non-hydrogen) atoms. The third-order valence-electron chi connectivity index (χ3n) is 3.76. The van der Waals surface area contributed by atoms with Gasteiger partial charge in [-0.1, -0.05) is 6.92 Å². The Morgan fingerprint density at radius 2 is 2.28 bits per heavy atom. The molecule has 0 saturated carbocycles. The highest BCUT2D eigenvalue weighted by atomic mass is 79.9. The van der Waals surface area contributed by atoms with Gasteiger partial charge in [-0.15, -0.1) is 11.3 Å². The van der Waals surface area contributed by atoms with E-state index < -0.39 is 0 Å². The molecule has 0 unspecified atom stereocenters. The molecule has 1 aliphatic rings. The van der Waals surface area contributed by atoms with Crippen molar-refractivity contribution in [1.82, 2.24) is 10.6 Å². The van der Waals surface area contributed by atoms with E-state index in [0.29, 0.717) is 6.54 Å². The molecule has 0 atom stereocenters. The highest BCUT2D eigenvalue weighted by Crippen LogP contribution is 2.32. The number of thiophene rings is 1. The third kappa shape index (κ3) is 3.13. The zero-order chi connectivity index (χ0) is 13.0. The van der Waals surface area contributed by atoms with Crippen LogP contribution < -0.4 is 10.6 Å². The molecule has 1 aromatic rings. The summed E-state index contributed by atoms with van der Waals surface area (Å²) in [5.74, 6) is 0.219. The smallest absolute Gasteiger partial charge is 0.226 e. The molecule has 2 rings (SSSR count). The summed E-state index contributed by atoms with van der Waals surface area (Å²) in [6, 6.07) is 2.06. The van der Waals surface area contributed by atoms with Crippen molar-refractivity contribution in [2.24, 2.45) is 5.41 Å². The number of piperidine rings is 1. The Bertz CT molecular complexity index is 413. The van der Waals surface area contributed by atoms with Gasteiger partial charge in [-0.25, -0.2) is 0 Å². The zero-order valence-corrected chi connectivity index (χ0v) is 13.0. The molecule has 3 nitrogen and oxygen atoms in total. The monoisotopic (exact) mass is 330 g/mol. The van der Waals surface area contributed by atoms with E-state index in [2.05, 4.69) is 39.6 Å². The minimum absolute atomic E-state index is 0.153. The molecule has 100 valence electrons. The first-order valence-corrected chi connectivity index (χ1v) is 8.05. The zero-order valence-electron chi connectivity index (χ0n) is 10.6. The van der Waals surface area contributed by atoms with Gasteiger partial charge in [0.2, 0.25) is 5.91 Å². The molecule has 0 aromatic carbocycles. The van der Waals surface area contributed by atoms with Gasteiger partial charge in [0.05, 0.1) is 12.0 Å². The lowest BCUT2D eigenvalue weighted by atomic mass is 9.76. The first-order valence-electron chi connectivity index (χ1n) is 6.38. The maximum Gasteiger partial charge on any atom is 0.226 e. The third-order valence-corrected chi connectivity index (χ3v) is 5.46. The number of nitrogens with one attached hydrogen (secondary N) is 2. The molecule has 0 bridgehead atoms. The standard InChI is InChI=1S/C13H19BrN2OS/c1-2-13(3-5-15-6-4-13)12(17)16-8-11-7-10(14)9-18-11/h7,9,15H,2-6,8H2,1H3,(H,16,17). The van der Waals surface area contributed by atoms with Gasteiger partial charge in [-0.3, -0.25) is 4.79 Å². The predicted octanol–water partition coefficient (Wildman–Crippen LogP) is 2.91. The summed E-state index contributed by atoms with van der Waals surface area (Å²) in [6.45, 7) is 4.66. The van der Waals surface area contributed by atoms with E-state index in [0.717, 1.165) is 36.8 Å². The molecule has 0 aliphatic carbocycles. The summed E-state index contributed by atoms with van der Waals surface area (Å²) in [4.78, 5) is 13.6. The fourth-order valence-electron chi connectivity index (χ4n) is 2.45. The molecular formula is C13H19BrN2OS. The molecular weight excluding hydrogens is 312 g/mol.